The van der Waals surface area contributed by atoms with Crippen molar-refractivity contribution < 1.29 is 12.9 Å². The largest absolute Gasteiger partial charge is 0.370 e. The van der Waals surface area contributed by atoms with Gasteiger partial charge in [0.1, 0.15) is 11.4 Å². The Morgan fingerprint density at radius 2 is 1.77 bits per heavy atom. The fourth-order valence-electron chi connectivity index (χ4n) is 2.49. The summed E-state index contributed by atoms with van der Waals surface area (Å²) in [5, 5.41) is 3.91. The maximum Gasteiger partial charge on any atom is 0.178 e. The third-order valence-corrected chi connectivity index (χ3v) is 5.48. The van der Waals surface area contributed by atoms with E-state index >= 15 is 0 Å². The maximum absolute atomic E-state index is 12.3. The van der Waals surface area contributed by atoms with Gasteiger partial charge in [-0.25, -0.2) is 8.42 Å². The predicted octanol–water partition coefficient (Wildman–Crippen LogP) is 2.90. The van der Waals surface area contributed by atoms with Crippen LogP contribution in [0.1, 0.15) is 23.4 Å². The zero-order chi connectivity index (χ0) is 16.3. The van der Waals surface area contributed by atoms with Crippen molar-refractivity contribution in [1.29, 1.82) is 0 Å². The molecule has 2 aromatic rings. The summed E-state index contributed by atoms with van der Waals surface area (Å²) in [5.41, 5.74) is 2.81. The van der Waals surface area contributed by atoms with Crippen molar-refractivity contribution in [2.24, 2.45) is 0 Å². The second-order valence-corrected chi connectivity index (χ2v) is 7.69. The normalized spacial score (nSPS) is 11.6. The van der Waals surface area contributed by atoms with Crippen molar-refractivity contribution in [1.82, 2.24) is 5.16 Å². The molecular formula is C16H22N2O3S. The molecule has 2 rings (SSSR count). The highest BCUT2D eigenvalue weighted by molar-refractivity contribution is 7.91. The first-order valence-electron chi connectivity index (χ1n) is 7.24. The highest BCUT2D eigenvalue weighted by atomic mass is 32.2. The van der Waals surface area contributed by atoms with Crippen molar-refractivity contribution in [3.05, 3.63) is 41.3 Å². The summed E-state index contributed by atoms with van der Waals surface area (Å²) in [6.07, 6.45) is 0.552. The SMILES string of the molecule is Cc1ccc(S(=O)(=O)CCCN(C)c2c(C)noc2C)cc1. The van der Waals surface area contributed by atoms with E-state index in [9.17, 15) is 8.42 Å². The molecule has 0 saturated heterocycles. The van der Waals surface area contributed by atoms with Gasteiger partial charge in [-0.2, -0.15) is 0 Å². The molecule has 0 N–H and O–H groups in total. The number of hydrogen-bond acceptors (Lipinski definition) is 5. The molecule has 0 aliphatic heterocycles. The van der Waals surface area contributed by atoms with Gasteiger partial charge < -0.3 is 9.42 Å². The lowest BCUT2D eigenvalue weighted by atomic mass is 10.2. The Bertz CT molecular complexity index is 714. The first-order valence-corrected chi connectivity index (χ1v) is 8.90. The molecule has 1 heterocycles. The number of benzene rings is 1. The van der Waals surface area contributed by atoms with E-state index in [1.807, 2.05) is 44.9 Å². The Hall–Kier alpha value is -1.82. The van der Waals surface area contributed by atoms with Gasteiger partial charge >= 0.3 is 0 Å². The number of aromatic nitrogens is 1. The van der Waals surface area contributed by atoms with E-state index in [1.165, 1.54) is 0 Å². The van der Waals surface area contributed by atoms with Crippen LogP contribution >= 0.6 is 0 Å². The molecule has 0 unspecified atom stereocenters. The van der Waals surface area contributed by atoms with E-state index in [0.717, 1.165) is 22.7 Å². The highest BCUT2D eigenvalue weighted by Crippen LogP contribution is 2.23. The van der Waals surface area contributed by atoms with Crippen LogP contribution in [-0.2, 0) is 9.84 Å². The number of hydrogen-bond donors (Lipinski definition) is 0. The van der Waals surface area contributed by atoms with Crippen LogP contribution in [0.3, 0.4) is 0 Å². The van der Waals surface area contributed by atoms with Crippen molar-refractivity contribution in [3.63, 3.8) is 0 Å². The number of anilines is 1. The molecule has 0 fully saturated rings. The van der Waals surface area contributed by atoms with Crippen LogP contribution < -0.4 is 4.90 Å². The zero-order valence-electron chi connectivity index (χ0n) is 13.5. The number of sulfone groups is 1. The van der Waals surface area contributed by atoms with E-state index in [1.54, 1.807) is 12.1 Å². The Labute approximate surface area is 131 Å². The summed E-state index contributed by atoms with van der Waals surface area (Å²) in [7, 11) is -1.31. The Morgan fingerprint density at radius 1 is 1.14 bits per heavy atom. The summed E-state index contributed by atoms with van der Waals surface area (Å²) in [4.78, 5) is 2.38. The molecule has 0 aliphatic rings. The lowest BCUT2D eigenvalue weighted by Crippen LogP contribution is -2.22. The molecular weight excluding hydrogens is 300 g/mol. The molecule has 22 heavy (non-hydrogen) atoms. The van der Waals surface area contributed by atoms with Crippen LogP contribution in [0.15, 0.2) is 33.7 Å². The van der Waals surface area contributed by atoms with Gasteiger partial charge in [0.25, 0.3) is 0 Å². The smallest absolute Gasteiger partial charge is 0.178 e. The van der Waals surface area contributed by atoms with Gasteiger partial charge in [0.15, 0.2) is 15.6 Å². The average Bonchev–Trinajstić information content (AvgIpc) is 2.78. The fraction of sp³-hybridized carbons (Fsp3) is 0.438. The van der Waals surface area contributed by atoms with Crippen LogP contribution in [0.4, 0.5) is 5.69 Å². The Balaban J connectivity index is 1.97. The van der Waals surface area contributed by atoms with Gasteiger partial charge in [-0.05, 0) is 39.3 Å². The lowest BCUT2D eigenvalue weighted by Gasteiger charge is -2.18. The van der Waals surface area contributed by atoms with Crippen LogP contribution in [0, 0.1) is 20.8 Å². The quantitative estimate of drug-likeness (QED) is 0.818. The van der Waals surface area contributed by atoms with E-state index < -0.39 is 9.84 Å². The molecule has 1 aromatic carbocycles. The Morgan fingerprint density at radius 3 is 2.32 bits per heavy atom. The summed E-state index contributed by atoms with van der Waals surface area (Å²) in [6, 6.07) is 6.98. The second-order valence-electron chi connectivity index (χ2n) is 5.58. The average molecular weight is 322 g/mol. The van der Waals surface area contributed by atoms with E-state index in [2.05, 4.69) is 5.16 Å². The second kappa shape index (κ2) is 6.52. The van der Waals surface area contributed by atoms with Gasteiger partial charge in [-0.15, -0.1) is 0 Å². The van der Waals surface area contributed by atoms with Crippen LogP contribution in [0.2, 0.25) is 0 Å². The molecule has 5 nitrogen and oxygen atoms in total. The van der Waals surface area contributed by atoms with Gasteiger partial charge in [0, 0.05) is 13.6 Å². The topological polar surface area (TPSA) is 63.4 Å². The molecule has 0 spiro atoms. The molecule has 0 aliphatic carbocycles. The van der Waals surface area contributed by atoms with Crippen molar-refractivity contribution >= 4 is 15.5 Å². The van der Waals surface area contributed by atoms with Crippen LogP contribution in [-0.4, -0.2) is 32.9 Å². The first kappa shape index (κ1) is 16.5. The molecule has 120 valence electrons. The van der Waals surface area contributed by atoms with E-state index in [0.29, 0.717) is 17.9 Å². The minimum atomic E-state index is -3.23. The number of nitrogens with zero attached hydrogens (tertiary/aromatic N) is 2. The summed E-state index contributed by atoms with van der Waals surface area (Å²) >= 11 is 0. The molecule has 0 radical (unpaired) electrons. The molecule has 0 amide bonds. The van der Waals surface area contributed by atoms with Crippen molar-refractivity contribution in [3.8, 4) is 0 Å². The molecule has 0 bridgehead atoms. The molecule has 0 atom stereocenters. The highest BCUT2D eigenvalue weighted by Gasteiger charge is 2.17. The summed E-state index contributed by atoms with van der Waals surface area (Å²) in [5.74, 6) is 0.880. The third kappa shape index (κ3) is 3.68. The van der Waals surface area contributed by atoms with Crippen LogP contribution in [0.5, 0.6) is 0 Å². The third-order valence-electron chi connectivity index (χ3n) is 3.66. The lowest BCUT2D eigenvalue weighted by molar-refractivity contribution is 0.393. The summed E-state index contributed by atoms with van der Waals surface area (Å²) in [6.45, 7) is 6.31. The monoisotopic (exact) mass is 322 g/mol. The van der Waals surface area contributed by atoms with Gasteiger partial charge in [0.2, 0.25) is 0 Å². The van der Waals surface area contributed by atoms with E-state index in [4.69, 9.17) is 4.52 Å². The van der Waals surface area contributed by atoms with Crippen LogP contribution in [0.25, 0.3) is 0 Å². The predicted molar refractivity (Wildman–Crippen MR) is 87.1 cm³/mol. The Kier molecular flexibility index (Phi) is 4.90. The standard InChI is InChI=1S/C16H22N2O3S/c1-12-6-8-15(9-7-12)22(19,20)11-5-10-18(4)16-13(2)17-21-14(16)3/h6-9H,5,10-11H2,1-4H3. The van der Waals surface area contributed by atoms with Crippen molar-refractivity contribution in [2.45, 2.75) is 32.1 Å². The molecule has 1 aromatic heterocycles. The number of rotatable bonds is 6. The zero-order valence-corrected chi connectivity index (χ0v) is 14.3. The number of aryl methyl sites for hydroxylation is 3. The van der Waals surface area contributed by atoms with E-state index in [-0.39, 0.29) is 5.75 Å². The van der Waals surface area contributed by atoms with Gasteiger partial charge in [-0.1, -0.05) is 22.9 Å². The molecule has 0 saturated carbocycles. The van der Waals surface area contributed by atoms with Crippen molar-refractivity contribution in [2.75, 3.05) is 24.2 Å². The minimum absolute atomic E-state index is 0.129. The molecule has 6 heteroatoms. The van der Waals surface area contributed by atoms with Gasteiger partial charge in [-0.3, -0.25) is 0 Å². The maximum atomic E-state index is 12.3. The van der Waals surface area contributed by atoms with Gasteiger partial charge in [0.05, 0.1) is 10.6 Å². The fourth-order valence-corrected chi connectivity index (χ4v) is 3.79. The summed E-state index contributed by atoms with van der Waals surface area (Å²) < 4.78 is 29.7. The first-order chi connectivity index (χ1) is 10.3. The minimum Gasteiger partial charge on any atom is -0.370 e.